The van der Waals surface area contributed by atoms with Gasteiger partial charge in [0, 0.05) is 92.4 Å². The van der Waals surface area contributed by atoms with E-state index in [4.69, 9.17) is 29.0 Å². The number of pyridine rings is 1. The van der Waals surface area contributed by atoms with Gasteiger partial charge < -0.3 is 64.5 Å². The van der Waals surface area contributed by atoms with Crippen molar-refractivity contribution >= 4 is 112 Å². The second kappa shape index (κ2) is 35.5. The van der Waals surface area contributed by atoms with Crippen LogP contribution in [0.1, 0.15) is 147 Å². The van der Waals surface area contributed by atoms with Crippen molar-refractivity contribution in [3.63, 3.8) is 0 Å². The summed E-state index contributed by atoms with van der Waals surface area (Å²) in [6.07, 6.45) is -2.60. The summed E-state index contributed by atoms with van der Waals surface area (Å²) in [5.74, 6) is -10.1. The standard InChI is InChI=1S/C83H100N10O25S3/c1-46(2)57(33-54(94)35-91-53(38-115-27-29-121(112,113)114)32-61(75(91)103)93-66(96)20-21-67(93)97)74(102)85-47(3)62(95)31-49-14-15-52(51(30-49)16-18-63-69(98)70(99)71(100)72(118-63)77(106)107)37-116-79(108)89(25-28-120(109,110)111)24-26-117-83-42-80(5)39-81(6,43-83)41-82(40-80,44-83)45-92-48(4)58(34-84-92)55-17-19-65(87-68(55)76(104)105)90-23-22-50-10-9-11-56(59(50)36-90)73(101)88-78-86-60-12-7-8-13-64(60)119-78/h7-15,17,19-21,30,34,46-47,53,57,61,63,69-72,98-100H,16,18,22-29,31-33,35-45H2,1-6H3,(H,85,102)(H,104,105)(H,106,107)(H,86,88,101)(H,109,110,111)(H,112,113,114)/t47-,53-,57-,61-,63-,69-,70+,71-,72-,80?,81?,82?,83?/m0/s1. The van der Waals surface area contributed by atoms with Crippen molar-refractivity contribution in [2.45, 2.75) is 193 Å². The molecular weight excluding hydrogens is 1630 g/mol. The van der Waals surface area contributed by atoms with E-state index in [0.717, 1.165) is 73.2 Å². The number of ether oxygens (including phenoxy) is 4. The fraction of sp³-hybridized carbons (Fsp3) is 0.530. The molecule has 0 radical (unpaired) electrons. The summed E-state index contributed by atoms with van der Waals surface area (Å²) in [5.41, 5.74) is 4.05. The van der Waals surface area contributed by atoms with Crippen LogP contribution in [0.25, 0.3) is 21.3 Å². The first kappa shape index (κ1) is 88.9. The number of carbonyl (C=O) groups excluding carboxylic acids is 8. The van der Waals surface area contributed by atoms with E-state index in [1.54, 1.807) is 44.3 Å². The Balaban J connectivity index is 0.665. The SMILES string of the molecule is Cc1c(-c2ccc(N3CCc4cccc(C(=O)Nc5nc6ccccc6s5)c4C3)nc2C(=O)O)cnn1CC12CC3(C)CC(C)(C1)CC(OCCN(CCS(=O)(=O)O)C(=O)OCc1ccc(CC(=O)[C@H](C)NC(=O)[C@@H](CC(=O)CN4C(=O)[C@@H](N5C(=O)C=CC5=O)C[C@H]4COCCS(=O)(=O)O)C(C)C)cc1CC[C@@H]1O[C@H](C(=O)O)[C@@H](O)[C@H](O)[C@H]1O)(C3)C2. The zero-order chi connectivity index (χ0) is 87.2. The second-order valence-corrected chi connectivity index (χ2v) is 38.6. The predicted molar refractivity (Wildman–Crippen MR) is 435 cm³/mol. The van der Waals surface area contributed by atoms with Gasteiger partial charge in [0.1, 0.15) is 36.8 Å². The van der Waals surface area contributed by atoms with E-state index < -0.39 is 184 Å². The Kier molecular flexibility index (Phi) is 26.1. The number of ketones is 2. The number of benzene rings is 3. The highest BCUT2D eigenvalue weighted by Gasteiger charge is 2.66. The molecule has 7 heterocycles. The molecule has 6 amide bonds. The molecule has 4 bridgehead atoms. The number of amides is 6. The van der Waals surface area contributed by atoms with Gasteiger partial charge in [0.25, 0.3) is 38.0 Å². The Hall–Kier alpha value is -9.87. The number of anilines is 2. The first-order chi connectivity index (χ1) is 57.1. The molecule has 8 aliphatic rings. The number of aliphatic carboxylic acids is 1. The largest absolute Gasteiger partial charge is 0.479 e. The number of thiazole rings is 1. The van der Waals surface area contributed by atoms with Crippen molar-refractivity contribution < 1.29 is 118 Å². The third kappa shape index (κ3) is 20.3. The van der Waals surface area contributed by atoms with Crippen molar-refractivity contribution in [1.29, 1.82) is 0 Å². The van der Waals surface area contributed by atoms with Gasteiger partial charge in [0.2, 0.25) is 11.8 Å². The Labute approximate surface area is 701 Å². The monoisotopic (exact) mass is 1730 g/mol. The molecule has 2 saturated heterocycles. The van der Waals surface area contributed by atoms with Gasteiger partial charge in [-0.2, -0.15) is 21.9 Å². The number of hydrogen-bond donors (Lipinski definition) is 9. The number of imide groups is 1. The quantitative estimate of drug-likeness (QED) is 0.0132. The maximum Gasteiger partial charge on any atom is 0.410 e. The number of Topliss-reactive ketones (excluding diaryl/α,β-unsaturated/α-hetero) is 2. The molecule has 3 aromatic heterocycles. The van der Waals surface area contributed by atoms with Gasteiger partial charge in [0.05, 0.1) is 78.1 Å². The topological polar surface area (TPSA) is 498 Å². The van der Waals surface area contributed by atoms with Crippen LogP contribution in [0.15, 0.2) is 91.1 Å². The van der Waals surface area contributed by atoms with E-state index in [9.17, 15) is 99.4 Å². The summed E-state index contributed by atoms with van der Waals surface area (Å²) < 4.78 is 93.6. The van der Waals surface area contributed by atoms with E-state index in [1.807, 2.05) is 52.9 Å². The number of nitrogens with one attached hydrogen (secondary N) is 2. The first-order valence-corrected chi connectivity index (χ1v) is 44.2. The third-order valence-electron chi connectivity index (χ3n) is 24.5. The summed E-state index contributed by atoms with van der Waals surface area (Å²) in [5, 5.41) is 64.0. The predicted octanol–water partition coefficient (Wildman–Crippen LogP) is 5.55. The highest BCUT2D eigenvalue weighted by molar-refractivity contribution is 7.86. The average molecular weight is 1730 g/mol. The number of aliphatic hydroxyl groups is 3. The fourth-order valence-electron chi connectivity index (χ4n) is 19.8. The number of carboxylic acid groups (broad SMARTS) is 2. The Bertz CT molecular complexity index is 5270. The minimum Gasteiger partial charge on any atom is -0.479 e. The first-order valence-electron chi connectivity index (χ1n) is 40.2. The number of carbonyl (C=O) groups is 10. The molecule has 38 heteroatoms. The molecule has 2 unspecified atom stereocenters. The van der Waals surface area contributed by atoms with Crippen LogP contribution in [0.2, 0.25) is 0 Å². The number of fused-ring (bicyclic) bond motifs is 2. The van der Waals surface area contributed by atoms with Gasteiger partial charge in [-0.15, -0.1) is 0 Å². The van der Waals surface area contributed by atoms with Gasteiger partial charge >= 0.3 is 18.0 Å². The van der Waals surface area contributed by atoms with Crippen molar-refractivity contribution in [2.75, 3.05) is 67.7 Å². The molecular formula is C83H100N10O25S3. The van der Waals surface area contributed by atoms with Gasteiger partial charge in [-0.25, -0.2) is 24.4 Å². The fourth-order valence-corrected chi connectivity index (χ4v) is 21.5. The van der Waals surface area contributed by atoms with E-state index in [0.29, 0.717) is 89.6 Å². The van der Waals surface area contributed by atoms with Crippen LogP contribution in [0, 0.1) is 35.0 Å². The lowest BCUT2D eigenvalue weighted by atomic mass is 9.39. The van der Waals surface area contributed by atoms with Crippen LogP contribution < -0.4 is 15.5 Å². The minimum atomic E-state index is -4.66. The van der Waals surface area contributed by atoms with Crippen molar-refractivity contribution in [3.8, 4) is 11.1 Å². The molecule has 650 valence electrons. The van der Waals surface area contributed by atoms with Crippen LogP contribution in [-0.4, -0.2) is 257 Å². The number of likely N-dealkylation sites (tertiary alicyclic amines) is 1. The number of aliphatic hydroxyl groups excluding tert-OH is 3. The maximum atomic E-state index is 14.5. The second-order valence-electron chi connectivity index (χ2n) is 34.4. The Morgan fingerprint density at radius 2 is 1.51 bits per heavy atom. The molecule has 9 N–H and O–H groups in total. The van der Waals surface area contributed by atoms with Gasteiger partial charge in [-0.1, -0.05) is 81.5 Å². The zero-order valence-electron chi connectivity index (χ0n) is 67.7. The van der Waals surface area contributed by atoms with Crippen LogP contribution >= 0.6 is 11.3 Å². The van der Waals surface area contributed by atoms with E-state index in [-0.39, 0.29) is 73.3 Å². The number of aryl methyl sites for hydroxylation is 1. The summed E-state index contributed by atoms with van der Waals surface area (Å²) in [6.45, 7) is 9.63. The Morgan fingerprint density at radius 3 is 2.20 bits per heavy atom. The molecule has 6 fully saturated rings. The van der Waals surface area contributed by atoms with Gasteiger partial charge in [-0.05, 0) is 152 Å². The molecule has 4 saturated carbocycles. The molecule has 11 atom stereocenters. The number of hydrogen-bond acceptors (Lipinski definition) is 26. The summed E-state index contributed by atoms with van der Waals surface area (Å²) in [6, 6.07) is 17.9. The van der Waals surface area contributed by atoms with Crippen LogP contribution in [0.3, 0.4) is 0 Å². The molecule has 4 aliphatic heterocycles. The maximum absolute atomic E-state index is 14.5. The molecule has 4 aliphatic carbocycles. The summed E-state index contributed by atoms with van der Waals surface area (Å²) in [4.78, 5) is 149. The minimum absolute atomic E-state index is 0.0940. The molecule has 14 rings (SSSR count). The molecule has 121 heavy (non-hydrogen) atoms. The van der Waals surface area contributed by atoms with E-state index in [1.165, 1.54) is 30.4 Å². The molecule has 3 aromatic carbocycles. The van der Waals surface area contributed by atoms with E-state index >= 15 is 0 Å². The highest BCUT2D eigenvalue weighted by Crippen LogP contribution is 2.72. The highest BCUT2D eigenvalue weighted by atomic mass is 32.2. The summed E-state index contributed by atoms with van der Waals surface area (Å²) in [7, 11) is -9.09. The number of aromatic nitrogens is 4. The third-order valence-corrected chi connectivity index (χ3v) is 26.8. The lowest BCUT2D eigenvalue weighted by Crippen LogP contribution is -2.64. The number of aromatic carboxylic acids is 1. The molecule has 6 aromatic rings. The van der Waals surface area contributed by atoms with Crippen molar-refractivity contribution in [2.24, 2.45) is 28.1 Å². The Morgan fingerprint density at radius 1 is 0.793 bits per heavy atom. The lowest BCUT2D eigenvalue weighted by Gasteiger charge is -2.69. The van der Waals surface area contributed by atoms with Crippen molar-refractivity contribution in [1.82, 2.24) is 39.8 Å². The van der Waals surface area contributed by atoms with Crippen LogP contribution in [0.5, 0.6) is 0 Å². The lowest BCUT2D eigenvalue weighted by molar-refractivity contribution is -0.248. The zero-order valence-corrected chi connectivity index (χ0v) is 70.1. The average Bonchev–Trinajstić information content (AvgIpc) is 0.884. The number of para-hydroxylation sites is 1. The normalized spacial score (nSPS) is 25.6. The van der Waals surface area contributed by atoms with Gasteiger partial charge in [-0.3, -0.25) is 57.6 Å². The van der Waals surface area contributed by atoms with E-state index in [2.05, 4.69) is 29.5 Å². The van der Waals surface area contributed by atoms with Crippen molar-refractivity contribution in [3.05, 3.63) is 136 Å². The van der Waals surface area contributed by atoms with Crippen LogP contribution in [0.4, 0.5) is 15.7 Å². The smallest absolute Gasteiger partial charge is 0.410 e. The molecule has 35 nitrogen and oxygen atoms in total. The number of carboxylic acids is 2. The summed E-state index contributed by atoms with van der Waals surface area (Å²) >= 11 is 1.38. The van der Waals surface area contributed by atoms with Crippen LogP contribution in [-0.2, 0) is 112 Å². The molecule has 0 spiro atoms. The van der Waals surface area contributed by atoms with Gasteiger partial charge in [0.15, 0.2) is 28.5 Å². The number of rotatable bonds is 36. The number of nitrogens with zero attached hydrogens (tertiary/aromatic N) is 8.